The number of hydrogen-bond acceptors (Lipinski definition) is 5. The average Bonchev–Trinajstić information content (AvgIpc) is 2.52. The number of rotatable bonds is 10. The van der Waals surface area contributed by atoms with Crippen LogP contribution in [0, 0.1) is 0 Å². The van der Waals surface area contributed by atoms with Gasteiger partial charge in [0.1, 0.15) is 5.60 Å². The molecule has 154 valence electrons. The molecule has 0 aliphatic rings. The van der Waals surface area contributed by atoms with Gasteiger partial charge in [0, 0.05) is 19.0 Å². The molecule has 0 fully saturated rings. The zero-order chi connectivity index (χ0) is 20.5. The lowest BCUT2D eigenvalue weighted by molar-refractivity contribution is -0.141. The van der Waals surface area contributed by atoms with Gasteiger partial charge in [-0.2, -0.15) is 0 Å². The highest BCUT2D eigenvalue weighted by molar-refractivity contribution is 14.1. The van der Waals surface area contributed by atoms with Gasteiger partial charge in [-0.1, -0.05) is 29.5 Å². The Morgan fingerprint density at radius 2 is 1.77 bits per heavy atom. The quantitative estimate of drug-likeness (QED) is 0.200. The maximum atomic E-state index is 12.9. The molecule has 0 aliphatic carbocycles. The molecule has 0 heterocycles. The van der Waals surface area contributed by atoms with Gasteiger partial charge < -0.3 is 9.47 Å². The monoisotopic (exact) mass is 492 g/mol. The molecule has 0 aromatic carbocycles. The number of alkyl halides is 3. The molecule has 0 saturated carbocycles. The van der Waals surface area contributed by atoms with Gasteiger partial charge in [0.25, 0.3) is 6.43 Å². The largest absolute Gasteiger partial charge is 0.469 e. The predicted octanol–water partition coefficient (Wildman–Crippen LogP) is 3.91. The highest BCUT2D eigenvalue weighted by Gasteiger charge is 2.31. The second-order valence-corrected chi connectivity index (χ2v) is 8.45. The normalized spacial score (nSPS) is 14.3. The number of methoxy groups -OCH3 is 1. The Morgan fingerprint density at radius 1 is 1.19 bits per heavy atom. The highest BCUT2D eigenvalue weighted by atomic mass is 127. The van der Waals surface area contributed by atoms with E-state index in [1.165, 1.54) is 7.11 Å². The van der Waals surface area contributed by atoms with Gasteiger partial charge >= 0.3 is 12.1 Å². The second-order valence-electron chi connectivity index (χ2n) is 7.01. The zero-order valence-electron chi connectivity index (χ0n) is 16.4. The van der Waals surface area contributed by atoms with E-state index in [-0.39, 0.29) is 18.4 Å². The SMILES string of the molecule is CCN(C[C@H](I)N(CC(F)F)C(=O)OC(C)(C)C)[C@H](C)CCC(=O)OC. The summed E-state index contributed by atoms with van der Waals surface area (Å²) in [6, 6.07) is 0.0448. The smallest absolute Gasteiger partial charge is 0.411 e. The van der Waals surface area contributed by atoms with Crippen molar-refractivity contribution in [2.75, 3.05) is 26.7 Å². The summed E-state index contributed by atoms with van der Waals surface area (Å²) >= 11 is 1.98. The lowest BCUT2D eigenvalue weighted by atomic mass is 10.1. The first-order valence-corrected chi connectivity index (χ1v) is 9.88. The molecule has 26 heavy (non-hydrogen) atoms. The summed E-state index contributed by atoms with van der Waals surface area (Å²) in [5, 5.41) is 0. The van der Waals surface area contributed by atoms with E-state index in [0.29, 0.717) is 19.5 Å². The van der Waals surface area contributed by atoms with Crippen molar-refractivity contribution in [3.05, 3.63) is 0 Å². The molecule has 0 aliphatic heterocycles. The zero-order valence-corrected chi connectivity index (χ0v) is 18.6. The number of halogens is 3. The van der Waals surface area contributed by atoms with Crippen LogP contribution in [0.15, 0.2) is 0 Å². The van der Waals surface area contributed by atoms with E-state index < -0.39 is 28.7 Å². The molecule has 0 radical (unpaired) electrons. The number of ether oxygens (including phenoxy) is 2. The first-order valence-electron chi connectivity index (χ1n) is 8.63. The Labute approximate surface area is 168 Å². The fourth-order valence-corrected chi connectivity index (χ4v) is 3.26. The van der Waals surface area contributed by atoms with Crippen molar-refractivity contribution in [3.8, 4) is 0 Å². The molecule has 0 unspecified atom stereocenters. The average molecular weight is 492 g/mol. The van der Waals surface area contributed by atoms with Crippen molar-refractivity contribution in [2.24, 2.45) is 0 Å². The Morgan fingerprint density at radius 3 is 2.19 bits per heavy atom. The Kier molecular flexibility index (Phi) is 11.6. The van der Waals surface area contributed by atoms with Gasteiger partial charge in [-0.15, -0.1) is 0 Å². The van der Waals surface area contributed by atoms with Crippen molar-refractivity contribution in [2.45, 2.75) is 69.6 Å². The number of amides is 1. The van der Waals surface area contributed by atoms with Crippen LogP contribution in [-0.2, 0) is 14.3 Å². The standard InChI is InChI=1S/C17H31F2IN2O4/c1-7-21(12(2)8-9-15(23)25-6)11-14(20)22(10-13(18)19)16(24)26-17(3,4)5/h12-14H,7-11H2,1-6H3/t12-,14-/m1/s1. The van der Waals surface area contributed by atoms with Crippen LogP contribution in [0.25, 0.3) is 0 Å². The highest BCUT2D eigenvalue weighted by Crippen LogP contribution is 2.19. The summed E-state index contributed by atoms with van der Waals surface area (Å²) in [6.45, 7) is 9.37. The van der Waals surface area contributed by atoms with Crippen LogP contribution >= 0.6 is 22.6 Å². The minimum absolute atomic E-state index is 0.0448. The maximum Gasteiger partial charge on any atom is 0.411 e. The molecule has 0 saturated heterocycles. The third-order valence-electron chi connectivity index (χ3n) is 3.71. The van der Waals surface area contributed by atoms with Gasteiger partial charge in [-0.25, -0.2) is 13.6 Å². The second kappa shape index (κ2) is 11.9. The van der Waals surface area contributed by atoms with Crippen molar-refractivity contribution >= 4 is 34.7 Å². The van der Waals surface area contributed by atoms with Crippen LogP contribution in [-0.4, -0.2) is 70.7 Å². The number of esters is 1. The molecular weight excluding hydrogens is 461 g/mol. The molecule has 0 bridgehead atoms. The Bertz CT molecular complexity index is 447. The molecule has 0 rings (SSSR count). The van der Waals surface area contributed by atoms with Crippen LogP contribution in [0.2, 0.25) is 0 Å². The van der Waals surface area contributed by atoms with Crippen LogP contribution < -0.4 is 0 Å². The Hall–Kier alpha value is -0.710. The van der Waals surface area contributed by atoms with E-state index in [0.717, 1.165) is 4.90 Å². The van der Waals surface area contributed by atoms with Crippen LogP contribution in [0.5, 0.6) is 0 Å². The van der Waals surface area contributed by atoms with Crippen molar-refractivity contribution in [3.63, 3.8) is 0 Å². The third-order valence-corrected chi connectivity index (χ3v) is 4.78. The topological polar surface area (TPSA) is 59.1 Å². The summed E-state index contributed by atoms with van der Waals surface area (Å²) in [5.41, 5.74) is -0.758. The predicted molar refractivity (Wildman–Crippen MR) is 105 cm³/mol. The van der Waals surface area contributed by atoms with Crippen molar-refractivity contribution in [1.82, 2.24) is 9.80 Å². The summed E-state index contributed by atoms with van der Waals surface area (Å²) in [6.07, 6.45) is -2.53. The van der Waals surface area contributed by atoms with Gasteiger partial charge in [-0.3, -0.25) is 14.6 Å². The van der Waals surface area contributed by atoms with E-state index in [4.69, 9.17) is 4.74 Å². The van der Waals surface area contributed by atoms with E-state index in [9.17, 15) is 18.4 Å². The molecule has 2 atom stereocenters. The van der Waals surface area contributed by atoms with Crippen molar-refractivity contribution < 1.29 is 27.8 Å². The third kappa shape index (κ3) is 10.4. The van der Waals surface area contributed by atoms with E-state index in [2.05, 4.69) is 4.74 Å². The minimum Gasteiger partial charge on any atom is -0.469 e. The number of carbonyl (C=O) groups excluding carboxylic acids is 2. The van der Waals surface area contributed by atoms with Gasteiger partial charge in [0.2, 0.25) is 0 Å². The number of carbonyl (C=O) groups is 2. The molecule has 0 aromatic rings. The van der Waals surface area contributed by atoms with Gasteiger partial charge in [-0.05, 0) is 40.7 Å². The summed E-state index contributed by atoms with van der Waals surface area (Å²) < 4.78 is 35.3. The first kappa shape index (κ1) is 25.3. The van der Waals surface area contributed by atoms with E-state index in [1.54, 1.807) is 20.8 Å². The Balaban J connectivity index is 4.98. The van der Waals surface area contributed by atoms with Crippen molar-refractivity contribution in [1.29, 1.82) is 0 Å². The van der Waals surface area contributed by atoms with Crippen LogP contribution in [0.1, 0.15) is 47.5 Å². The van der Waals surface area contributed by atoms with Crippen LogP contribution in [0.3, 0.4) is 0 Å². The fraction of sp³-hybridized carbons (Fsp3) is 0.882. The summed E-state index contributed by atoms with van der Waals surface area (Å²) in [4.78, 5) is 26.7. The molecule has 0 aromatic heterocycles. The molecular formula is C17H31F2IN2O4. The van der Waals surface area contributed by atoms with E-state index >= 15 is 0 Å². The molecule has 9 heteroatoms. The maximum absolute atomic E-state index is 12.9. The number of likely N-dealkylation sites (N-methyl/N-ethyl adjacent to an activating group) is 1. The molecule has 0 spiro atoms. The van der Waals surface area contributed by atoms with Gasteiger partial charge in [0.05, 0.1) is 17.7 Å². The number of nitrogens with zero attached hydrogens (tertiary/aromatic N) is 2. The molecule has 1 amide bonds. The summed E-state index contributed by atoms with van der Waals surface area (Å²) in [7, 11) is 1.34. The first-order chi connectivity index (χ1) is 11.9. The van der Waals surface area contributed by atoms with Crippen LogP contribution in [0.4, 0.5) is 13.6 Å². The molecule has 0 N–H and O–H groups in total. The summed E-state index contributed by atoms with van der Waals surface area (Å²) in [5.74, 6) is -0.285. The van der Waals surface area contributed by atoms with Gasteiger partial charge in [0.15, 0.2) is 0 Å². The number of hydrogen-bond donors (Lipinski definition) is 0. The van der Waals surface area contributed by atoms with E-state index in [1.807, 2.05) is 41.3 Å². The lowest BCUT2D eigenvalue weighted by Gasteiger charge is -2.35. The lowest BCUT2D eigenvalue weighted by Crippen LogP contribution is -2.49. The molecule has 6 nitrogen and oxygen atoms in total. The minimum atomic E-state index is -2.65. The fourth-order valence-electron chi connectivity index (χ4n) is 2.30.